The summed E-state index contributed by atoms with van der Waals surface area (Å²) in [7, 11) is 0. The third-order valence-electron chi connectivity index (χ3n) is 6.61. The van der Waals surface area contributed by atoms with Crippen molar-refractivity contribution in [2.24, 2.45) is 0 Å². The van der Waals surface area contributed by atoms with Gasteiger partial charge in [-0.1, -0.05) is 42.6 Å². The zero-order valence-corrected chi connectivity index (χ0v) is 16.6. The van der Waals surface area contributed by atoms with Crippen LogP contribution >= 0.6 is 11.6 Å². The Hall–Kier alpha value is -2.20. The van der Waals surface area contributed by atoms with Crippen molar-refractivity contribution in [2.75, 3.05) is 19.9 Å². The largest absolute Gasteiger partial charge is 0.454 e. The Bertz CT molecular complexity index is 889. The minimum atomic E-state index is -0.381. The van der Waals surface area contributed by atoms with Gasteiger partial charge in [0.05, 0.1) is 5.41 Å². The van der Waals surface area contributed by atoms with E-state index in [9.17, 15) is 4.79 Å². The van der Waals surface area contributed by atoms with Gasteiger partial charge >= 0.3 is 0 Å². The van der Waals surface area contributed by atoms with E-state index in [1.165, 1.54) is 5.56 Å². The van der Waals surface area contributed by atoms with Crippen LogP contribution in [0.4, 0.5) is 0 Å². The maximum absolute atomic E-state index is 13.7. The van der Waals surface area contributed by atoms with Crippen LogP contribution in [-0.2, 0) is 10.2 Å². The van der Waals surface area contributed by atoms with Gasteiger partial charge in [-0.2, -0.15) is 0 Å². The average molecular weight is 398 g/mol. The molecular formula is C23H24ClNO3. The van der Waals surface area contributed by atoms with Crippen molar-refractivity contribution in [3.8, 4) is 11.5 Å². The number of nitrogens with zero attached hydrogens (tertiary/aromatic N) is 1. The highest BCUT2D eigenvalue weighted by Gasteiger charge is 2.46. The number of carbonyl (C=O) groups excluding carboxylic acids is 1. The molecular weight excluding hydrogens is 374 g/mol. The second kappa shape index (κ2) is 7.00. The molecule has 2 aromatic carbocycles. The average Bonchev–Trinajstić information content (AvgIpc) is 3.47. The van der Waals surface area contributed by atoms with Crippen molar-refractivity contribution >= 4 is 17.5 Å². The molecule has 1 amide bonds. The third kappa shape index (κ3) is 2.95. The summed E-state index contributed by atoms with van der Waals surface area (Å²) >= 11 is 6.08. The molecule has 2 aromatic rings. The van der Waals surface area contributed by atoms with E-state index in [1.807, 2.05) is 30.3 Å². The van der Waals surface area contributed by atoms with E-state index in [0.29, 0.717) is 10.9 Å². The Morgan fingerprint density at radius 2 is 1.79 bits per heavy atom. The Morgan fingerprint density at radius 1 is 1.04 bits per heavy atom. The smallest absolute Gasteiger partial charge is 0.233 e. The zero-order valence-electron chi connectivity index (χ0n) is 15.8. The van der Waals surface area contributed by atoms with Gasteiger partial charge < -0.3 is 14.4 Å². The predicted octanol–water partition coefficient (Wildman–Crippen LogP) is 4.90. The first-order chi connectivity index (χ1) is 13.7. The number of rotatable bonds is 3. The number of fused-ring (bicyclic) bond motifs is 1. The van der Waals surface area contributed by atoms with Gasteiger partial charge in [-0.3, -0.25) is 4.79 Å². The molecule has 28 heavy (non-hydrogen) atoms. The van der Waals surface area contributed by atoms with E-state index >= 15 is 0 Å². The molecule has 2 fully saturated rings. The van der Waals surface area contributed by atoms with Crippen molar-refractivity contribution in [3.05, 3.63) is 58.6 Å². The van der Waals surface area contributed by atoms with Gasteiger partial charge in [-0.05, 0) is 54.7 Å². The Morgan fingerprint density at radius 3 is 2.57 bits per heavy atom. The van der Waals surface area contributed by atoms with Crippen LogP contribution in [0, 0.1) is 0 Å². The predicted molar refractivity (Wildman–Crippen MR) is 108 cm³/mol. The molecule has 2 heterocycles. The van der Waals surface area contributed by atoms with Crippen LogP contribution in [0.3, 0.4) is 0 Å². The van der Waals surface area contributed by atoms with Gasteiger partial charge in [0.25, 0.3) is 0 Å². The molecule has 146 valence electrons. The van der Waals surface area contributed by atoms with E-state index in [0.717, 1.165) is 62.3 Å². The molecule has 1 unspecified atom stereocenters. The SMILES string of the molecule is O=C(N1CCC(c2ccc3c(c2)OCO3)C1)C1(c2ccc(Cl)cc2)CCCC1. The number of halogens is 1. The van der Waals surface area contributed by atoms with E-state index in [1.54, 1.807) is 0 Å². The van der Waals surface area contributed by atoms with Gasteiger partial charge in [0.15, 0.2) is 11.5 Å². The highest BCUT2D eigenvalue weighted by molar-refractivity contribution is 6.30. The van der Waals surface area contributed by atoms with Gasteiger partial charge in [0.1, 0.15) is 0 Å². The number of hydrogen-bond acceptors (Lipinski definition) is 3. The lowest BCUT2D eigenvalue weighted by Crippen LogP contribution is -2.44. The first-order valence-corrected chi connectivity index (χ1v) is 10.5. The Kier molecular flexibility index (Phi) is 4.47. The molecule has 1 saturated carbocycles. The molecule has 4 nitrogen and oxygen atoms in total. The maximum Gasteiger partial charge on any atom is 0.233 e. The second-order valence-electron chi connectivity index (χ2n) is 8.15. The molecule has 5 rings (SSSR count). The summed E-state index contributed by atoms with van der Waals surface area (Å²) in [6, 6.07) is 14.1. The van der Waals surface area contributed by atoms with Crippen molar-refractivity contribution < 1.29 is 14.3 Å². The van der Waals surface area contributed by atoms with E-state index in [-0.39, 0.29) is 18.1 Å². The first kappa shape index (κ1) is 17.9. The zero-order chi connectivity index (χ0) is 19.1. The van der Waals surface area contributed by atoms with Crippen LogP contribution in [0.1, 0.15) is 49.1 Å². The number of hydrogen-bond donors (Lipinski definition) is 0. The Balaban J connectivity index is 1.37. The summed E-state index contributed by atoms with van der Waals surface area (Å²) in [5.74, 6) is 2.26. The first-order valence-electron chi connectivity index (χ1n) is 10.1. The van der Waals surface area contributed by atoms with Crippen molar-refractivity contribution in [1.29, 1.82) is 0 Å². The molecule has 1 atom stereocenters. The minimum absolute atomic E-state index is 0.288. The number of amides is 1. The summed E-state index contributed by atoms with van der Waals surface area (Å²) < 4.78 is 10.9. The highest BCUT2D eigenvalue weighted by Crippen LogP contribution is 2.44. The minimum Gasteiger partial charge on any atom is -0.454 e. The standard InChI is InChI=1S/C23H24ClNO3/c24-19-6-4-18(5-7-19)23(10-1-2-11-23)22(26)25-12-9-17(14-25)16-3-8-20-21(13-16)28-15-27-20/h3-8,13,17H,1-2,9-12,14-15H2. The van der Waals surface area contributed by atoms with E-state index < -0.39 is 0 Å². The summed E-state index contributed by atoms with van der Waals surface area (Å²) in [5, 5.41) is 0.716. The van der Waals surface area contributed by atoms with Gasteiger partial charge in [0.2, 0.25) is 12.7 Å². The van der Waals surface area contributed by atoms with Crippen LogP contribution in [0.25, 0.3) is 0 Å². The fourth-order valence-corrected chi connectivity index (χ4v) is 5.19. The molecule has 3 aliphatic rings. The van der Waals surface area contributed by atoms with Crippen molar-refractivity contribution in [1.82, 2.24) is 4.90 Å². The lowest BCUT2D eigenvalue weighted by atomic mass is 9.77. The fraction of sp³-hybridized carbons (Fsp3) is 0.435. The molecule has 1 saturated heterocycles. The van der Waals surface area contributed by atoms with Gasteiger partial charge in [-0.15, -0.1) is 0 Å². The maximum atomic E-state index is 13.7. The van der Waals surface area contributed by atoms with Gasteiger partial charge in [-0.25, -0.2) is 0 Å². The van der Waals surface area contributed by atoms with E-state index in [4.69, 9.17) is 21.1 Å². The van der Waals surface area contributed by atoms with Gasteiger partial charge in [0, 0.05) is 24.0 Å². The normalized spacial score (nSPS) is 22.6. The highest BCUT2D eigenvalue weighted by atomic mass is 35.5. The molecule has 0 spiro atoms. The fourth-order valence-electron chi connectivity index (χ4n) is 5.06. The molecule has 1 aliphatic carbocycles. The molecule has 0 N–H and O–H groups in total. The van der Waals surface area contributed by atoms with Crippen LogP contribution in [0.5, 0.6) is 11.5 Å². The topological polar surface area (TPSA) is 38.8 Å². The number of likely N-dealkylation sites (tertiary alicyclic amines) is 1. The number of ether oxygens (including phenoxy) is 2. The van der Waals surface area contributed by atoms with Crippen molar-refractivity contribution in [3.63, 3.8) is 0 Å². The van der Waals surface area contributed by atoms with Crippen molar-refractivity contribution in [2.45, 2.75) is 43.4 Å². The quantitative estimate of drug-likeness (QED) is 0.739. The Labute approximate surface area is 170 Å². The molecule has 5 heteroatoms. The summed E-state index contributed by atoms with van der Waals surface area (Å²) in [4.78, 5) is 15.7. The lowest BCUT2D eigenvalue weighted by molar-refractivity contribution is -0.136. The second-order valence-corrected chi connectivity index (χ2v) is 8.58. The van der Waals surface area contributed by atoms with Crippen LogP contribution < -0.4 is 9.47 Å². The number of benzene rings is 2. The lowest BCUT2D eigenvalue weighted by Gasteiger charge is -2.33. The van der Waals surface area contributed by atoms with Crippen LogP contribution in [0.15, 0.2) is 42.5 Å². The molecule has 2 aliphatic heterocycles. The summed E-state index contributed by atoms with van der Waals surface area (Å²) in [6.45, 7) is 1.87. The monoisotopic (exact) mass is 397 g/mol. The van der Waals surface area contributed by atoms with Crippen LogP contribution in [0.2, 0.25) is 5.02 Å². The summed E-state index contributed by atoms with van der Waals surface area (Å²) in [5.41, 5.74) is 1.96. The molecule has 0 radical (unpaired) electrons. The third-order valence-corrected chi connectivity index (χ3v) is 6.86. The van der Waals surface area contributed by atoms with Crippen LogP contribution in [-0.4, -0.2) is 30.7 Å². The number of carbonyl (C=O) groups is 1. The molecule has 0 bridgehead atoms. The van der Waals surface area contributed by atoms with E-state index in [2.05, 4.69) is 17.0 Å². The summed E-state index contributed by atoms with van der Waals surface area (Å²) in [6.07, 6.45) is 5.06. The molecule has 0 aromatic heterocycles.